The molecule has 0 amide bonds. The molecule has 0 spiro atoms. The largest absolute Gasteiger partial charge is 0.756 e. The van der Waals surface area contributed by atoms with Crippen molar-refractivity contribution in [3.8, 4) is 0 Å². The maximum atomic E-state index is 12.8. The van der Waals surface area contributed by atoms with Crippen molar-refractivity contribution in [1.29, 1.82) is 0 Å². The van der Waals surface area contributed by atoms with Gasteiger partial charge in [-0.3, -0.25) is 14.2 Å². The van der Waals surface area contributed by atoms with E-state index in [9.17, 15) is 19.0 Å². The predicted octanol–water partition coefficient (Wildman–Crippen LogP) is 16.5. The van der Waals surface area contributed by atoms with Crippen molar-refractivity contribution in [2.24, 2.45) is 0 Å². The number of likely N-dealkylation sites (N-methyl/N-ethyl adjacent to an activating group) is 1. The van der Waals surface area contributed by atoms with Gasteiger partial charge in [-0.2, -0.15) is 0 Å². The van der Waals surface area contributed by atoms with Gasteiger partial charge in [0.2, 0.25) is 0 Å². The number of unbranched alkanes of at least 4 members (excludes halogenated alkanes) is 39. The minimum absolute atomic E-state index is 0.0251. The van der Waals surface area contributed by atoms with E-state index in [4.69, 9.17) is 18.5 Å². The molecule has 9 nitrogen and oxygen atoms in total. The molecule has 0 aliphatic rings. The first-order valence-electron chi connectivity index (χ1n) is 28.2. The maximum Gasteiger partial charge on any atom is 0.306 e. The van der Waals surface area contributed by atoms with E-state index in [0.29, 0.717) is 17.4 Å². The molecule has 0 aromatic heterocycles. The van der Waals surface area contributed by atoms with E-state index in [0.717, 1.165) is 32.1 Å². The summed E-state index contributed by atoms with van der Waals surface area (Å²) in [6.07, 6.45) is 52.8. The number of hydrogen-bond acceptors (Lipinski definition) is 8. The number of phosphoric ester groups is 1. The van der Waals surface area contributed by atoms with Crippen molar-refractivity contribution in [1.82, 2.24) is 0 Å². The third-order valence-corrected chi connectivity index (χ3v) is 13.8. The summed E-state index contributed by atoms with van der Waals surface area (Å²) in [5.41, 5.74) is 0. The minimum atomic E-state index is -4.63. The molecule has 0 aliphatic carbocycles. The monoisotopic (exact) mass is 944 g/mol. The summed E-state index contributed by atoms with van der Waals surface area (Å²) in [6, 6.07) is 0. The molecule has 0 saturated heterocycles. The Morgan fingerprint density at radius 1 is 0.415 bits per heavy atom. The normalized spacial score (nSPS) is 13.3. The van der Waals surface area contributed by atoms with Crippen molar-refractivity contribution in [3.63, 3.8) is 0 Å². The van der Waals surface area contributed by atoms with E-state index < -0.39 is 26.5 Å². The lowest BCUT2D eigenvalue weighted by Gasteiger charge is -2.28. The molecule has 0 rings (SSSR count). The van der Waals surface area contributed by atoms with Gasteiger partial charge in [0, 0.05) is 12.8 Å². The Kier molecular flexibility index (Phi) is 47.3. The molecule has 1 unspecified atom stereocenters. The van der Waals surface area contributed by atoms with Crippen LogP contribution in [0.2, 0.25) is 0 Å². The van der Waals surface area contributed by atoms with E-state index in [2.05, 4.69) is 13.8 Å². The van der Waals surface area contributed by atoms with E-state index >= 15 is 0 Å². The summed E-state index contributed by atoms with van der Waals surface area (Å²) < 4.78 is 34.2. The number of hydrogen-bond donors (Lipinski definition) is 0. The molecule has 65 heavy (non-hydrogen) atoms. The van der Waals surface area contributed by atoms with Gasteiger partial charge in [-0.25, -0.2) is 0 Å². The first-order valence-corrected chi connectivity index (χ1v) is 29.7. The summed E-state index contributed by atoms with van der Waals surface area (Å²) in [5.74, 6) is -0.810. The Labute approximate surface area is 404 Å². The lowest BCUT2D eigenvalue weighted by Crippen LogP contribution is -2.37. The van der Waals surface area contributed by atoms with Gasteiger partial charge in [0.15, 0.2) is 6.10 Å². The molecule has 0 heterocycles. The average Bonchev–Trinajstić information content (AvgIpc) is 3.26. The molecule has 0 radical (unpaired) electrons. The fourth-order valence-corrected chi connectivity index (χ4v) is 9.21. The van der Waals surface area contributed by atoms with Crippen LogP contribution in [0.4, 0.5) is 0 Å². The number of esters is 2. The number of ether oxygens (including phenoxy) is 2. The Hall–Kier alpha value is -0.990. The van der Waals surface area contributed by atoms with Gasteiger partial charge in [-0.15, -0.1) is 0 Å². The van der Waals surface area contributed by atoms with Crippen LogP contribution >= 0.6 is 7.82 Å². The van der Waals surface area contributed by atoms with Crippen LogP contribution in [0.5, 0.6) is 0 Å². The van der Waals surface area contributed by atoms with Crippen LogP contribution in [-0.4, -0.2) is 70.0 Å². The van der Waals surface area contributed by atoms with Crippen LogP contribution in [-0.2, 0) is 32.7 Å². The highest BCUT2D eigenvalue weighted by Crippen LogP contribution is 2.38. The first kappa shape index (κ1) is 64.0. The molecular weight excluding hydrogens is 834 g/mol. The Morgan fingerprint density at radius 2 is 0.692 bits per heavy atom. The molecule has 10 heteroatoms. The molecule has 2 atom stereocenters. The molecule has 0 aromatic carbocycles. The van der Waals surface area contributed by atoms with Crippen molar-refractivity contribution >= 4 is 19.8 Å². The number of carbonyl (C=O) groups excluding carboxylic acids is 2. The summed E-state index contributed by atoms with van der Waals surface area (Å²) in [7, 11) is 1.19. The third-order valence-electron chi connectivity index (χ3n) is 12.9. The Bertz CT molecular complexity index is 1070. The van der Waals surface area contributed by atoms with Crippen LogP contribution in [0, 0.1) is 0 Å². The molecule has 0 saturated carbocycles. The van der Waals surface area contributed by atoms with Crippen molar-refractivity contribution in [2.75, 3.05) is 47.5 Å². The molecule has 0 aromatic rings. The van der Waals surface area contributed by atoms with Crippen LogP contribution in [0.1, 0.15) is 290 Å². The second-order valence-corrected chi connectivity index (χ2v) is 22.1. The predicted molar refractivity (Wildman–Crippen MR) is 273 cm³/mol. The number of nitrogens with zero attached hydrogens (tertiary/aromatic N) is 1. The minimum Gasteiger partial charge on any atom is -0.756 e. The van der Waals surface area contributed by atoms with Gasteiger partial charge in [-0.1, -0.05) is 264 Å². The van der Waals surface area contributed by atoms with Crippen molar-refractivity contribution in [2.45, 2.75) is 296 Å². The van der Waals surface area contributed by atoms with Gasteiger partial charge >= 0.3 is 11.9 Å². The quantitative estimate of drug-likeness (QED) is 0.0257. The Balaban J connectivity index is 4.13. The summed E-state index contributed by atoms with van der Waals surface area (Å²) in [5, 5.41) is 0. The van der Waals surface area contributed by atoms with Crippen LogP contribution in [0.15, 0.2) is 0 Å². The second kappa shape index (κ2) is 48.1. The van der Waals surface area contributed by atoms with Gasteiger partial charge in [-0.05, 0) is 12.8 Å². The van der Waals surface area contributed by atoms with E-state index in [1.54, 1.807) is 0 Å². The van der Waals surface area contributed by atoms with Crippen LogP contribution in [0.3, 0.4) is 0 Å². The van der Waals surface area contributed by atoms with Crippen LogP contribution in [0.25, 0.3) is 0 Å². The zero-order valence-electron chi connectivity index (χ0n) is 44.0. The molecule has 0 N–H and O–H groups in total. The first-order chi connectivity index (χ1) is 31.5. The lowest BCUT2D eigenvalue weighted by atomic mass is 10.0. The number of rotatable bonds is 53. The highest BCUT2D eigenvalue weighted by atomic mass is 31.2. The topological polar surface area (TPSA) is 111 Å². The molecule has 0 fully saturated rings. The highest BCUT2D eigenvalue weighted by Gasteiger charge is 2.22. The van der Waals surface area contributed by atoms with E-state index in [1.807, 2.05) is 21.1 Å². The fourth-order valence-electron chi connectivity index (χ4n) is 8.48. The highest BCUT2D eigenvalue weighted by molar-refractivity contribution is 7.45. The molecule has 388 valence electrons. The maximum absolute atomic E-state index is 12.8. The van der Waals surface area contributed by atoms with Crippen LogP contribution < -0.4 is 4.89 Å². The summed E-state index contributed by atoms with van der Waals surface area (Å²) in [4.78, 5) is 37.8. The second-order valence-electron chi connectivity index (χ2n) is 20.7. The summed E-state index contributed by atoms with van der Waals surface area (Å²) in [6.45, 7) is 4.31. The van der Waals surface area contributed by atoms with E-state index in [-0.39, 0.29) is 32.0 Å². The smallest absolute Gasteiger partial charge is 0.306 e. The average molecular weight is 944 g/mol. The SMILES string of the molecule is CCCCCCCCCCCCCCCCCCCCCCCC(=O)O[C@H](COC(=O)CCCCCCCCCCCCCCCCCCCCCC)COP(=O)([O-])OCC[N+](C)(C)C. The van der Waals surface area contributed by atoms with Gasteiger partial charge in [0.1, 0.15) is 19.8 Å². The zero-order chi connectivity index (χ0) is 47.8. The third kappa shape index (κ3) is 52.2. The zero-order valence-corrected chi connectivity index (χ0v) is 44.9. The molecular formula is C55H110NO8P. The Morgan fingerprint density at radius 3 is 0.985 bits per heavy atom. The number of quaternary nitrogens is 1. The molecule has 0 aliphatic heterocycles. The molecule has 0 bridgehead atoms. The van der Waals surface area contributed by atoms with Gasteiger partial charge in [0.25, 0.3) is 7.82 Å². The van der Waals surface area contributed by atoms with E-state index in [1.165, 1.54) is 225 Å². The van der Waals surface area contributed by atoms with Crippen molar-refractivity contribution in [3.05, 3.63) is 0 Å². The van der Waals surface area contributed by atoms with Crippen molar-refractivity contribution < 1.29 is 42.1 Å². The van der Waals surface area contributed by atoms with Gasteiger partial charge in [0.05, 0.1) is 27.7 Å². The number of carbonyl (C=O) groups is 2. The summed E-state index contributed by atoms with van der Waals surface area (Å²) >= 11 is 0. The number of phosphoric acid groups is 1. The van der Waals surface area contributed by atoms with Gasteiger partial charge < -0.3 is 27.9 Å². The fraction of sp³-hybridized carbons (Fsp3) is 0.964. The lowest BCUT2D eigenvalue weighted by molar-refractivity contribution is -0.870. The standard InChI is InChI=1S/C55H110NO8P/c1-6-8-10-12-14-16-18-20-22-24-26-28-30-32-34-36-38-40-42-44-46-48-55(58)64-53(52-63-65(59,60)62-50-49-56(3,4)5)51-61-54(57)47-45-43-41-39-37-35-33-31-29-27-25-23-21-19-17-15-13-11-9-7-2/h53H,6-52H2,1-5H3/t53-/m1/s1.